The first-order valence-electron chi connectivity index (χ1n) is 7.17. The van der Waals surface area contributed by atoms with Gasteiger partial charge in [-0.15, -0.1) is 0 Å². The zero-order valence-electron chi connectivity index (χ0n) is 11.5. The molecule has 21 heavy (non-hydrogen) atoms. The second kappa shape index (κ2) is 4.80. The quantitative estimate of drug-likeness (QED) is 0.935. The van der Waals surface area contributed by atoms with E-state index in [1.807, 2.05) is 0 Å². The van der Waals surface area contributed by atoms with Gasteiger partial charge in [0.25, 0.3) is 0 Å². The van der Waals surface area contributed by atoms with Crippen molar-refractivity contribution in [3.8, 4) is 5.75 Å². The fourth-order valence-electron chi connectivity index (χ4n) is 3.10. The molecule has 2 heterocycles. The highest BCUT2D eigenvalue weighted by atomic mass is 19.1. The number of para-hydroxylation sites is 1. The molecule has 1 spiro atoms. The van der Waals surface area contributed by atoms with Gasteiger partial charge in [0.15, 0.2) is 18.2 Å². The van der Waals surface area contributed by atoms with Crippen molar-refractivity contribution in [2.24, 2.45) is 5.41 Å². The predicted octanol–water partition coefficient (Wildman–Crippen LogP) is 2.25. The highest BCUT2D eigenvalue weighted by Crippen LogP contribution is 2.62. The summed E-state index contributed by atoms with van der Waals surface area (Å²) in [4.78, 5) is 4.38. The van der Waals surface area contributed by atoms with Gasteiger partial charge in [-0.3, -0.25) is 0 Å². The molecule has 2 fully saturated rings. The largest absolute Gasteiger partial charge is 0.482 e. The average molecular weight is 289 g/mol. The molecule has 2 aromatic rings. The van der Waals surface area contributed by atoms with Crippen LogP contribution in [0.5, 0.6) is 5.75 Å². The molecule has 2 unspecified atom stereocenters. The number of benzene rings is 1. The van der Waals surface area contributed by atoms with E-state index in [0.717, 1.165) is 19.5 Å². The summed E-state index contributed by atoms with van der Waals surface area (Å²) in [5.74, 6) is 1.32. The van der Waals surface area contributed by atoms with Crippen molar-refractivity contribution in [3.05, 3.63) is 41.8 Å². The standard InChI is InChI=1S/C15H16FN3O2/c16-11-3-1-2-4-12(11)20-8-13-18-14(21-19-13)10-7-15(10)5-6-17-9-15/h1-4,10,17H,5-9H2. The lowest BCUT2D eigenvalue weighted by Crippen LogP contribution is -2.10. The zero-order chi connectivity index (χ0) is 14.3. The number of hydrogen-bond acceptors (Lipinski definition) is 5. The molecule has 1 aliphatic carbocycles. The maximum atomic E-state index is 13.4. The zero-order valence-corrected chi connectivity index (χ0v) is 11.5. The van der Waals surface area contributed by atoms with Crippen LogP contribution in [0.4, 0.5) is 4.39 Å². The first-order chi connectivity index (χ1) is 10.3. The topological polar surface area (TPSA) is 60.2 Å². The maximum Gasteiger partial charge on any atom is 0.230 e. The Bertz CT molecular complexity index is 652. The highest BCUT2D eigenvalue weighted by molar-refractivity contribution is 5.24. The molecule has 4 rings (SSSR count). The van der Waals surface area contributed by atoms with Crippen molar-refractivity contribution in [1.82, 2.24) is 15.5 Å². The van der Waals surface area contributed by atoms with Gasteiger partial charge in [-0.25, -0.2) is 4.39 Å². The third-order valence-electron chi connectivity index (χ3n) is 4.44. The van der Waals surface area contributed by atoms with E-state index in [4.69, 9.17) is 9.26 Å². The SMILES string of the molecule is Fc1ccccc1OCc1noc(C2CC23CCNC3)n1. The van der Waals surface area contributed by atoms with E-state index >= 15 is 0 Å². The van der Waals surface area contributed by atoms with Crippen LogP contribution in [0, 0.1) is 11.2 Å². The molecule has 1 saturated carbocycles. The van der Waals surface area contributed by atoms with Gasteiger partial charge in [-0.2, -0.15) is 4.98 Å². The van der Waals surface area contributed by atoms with E-state index in [-0.39, 0.29) is 18.2 Å². The Hall–Kier alpha value is -1.95. The van der Waals surface area contributed by atoms with Crippen LogP contribution in [0.1, 0.15) is 30.5 Å². The van der Waals surface area contributed by atoms with Gasteiger partial charge in [0.05, 0.1) is 0 Å². The van der Waals surface area contributed by atoms with Crippen molar-refractivity contribution < 1.29 is 13.7 Å². The van der Waals surface area contributed by atoms with Gasteiger partial charge in [-0.1, -0.05) is 17.3 Å². The van der Waals surface area contributed by atoms with E-state index in [2.05, 4.69) is 15.5 Å². The predicted molar refractivity (Wildman–Crippen MR) is 72.3 cm³/mol. The van der Waals surface area contributed by atoms with Crippen molar-refractivity contribution in [2.45, 2.75) is 25.4 Å². The molecule has 2 atom stereocenters. The molecule has 2 aliphatic rings. The smallest absolute Gasteiger partial charge is 0.230 e. The average Bonchev–Trinajstić information content (AvgIpc) is 2.85. The Morgan fingerprint density at radius 2 is 2.33 bits per heavy atom. The van der Waals surface area contributed by atoms with Gasteiger partial charge in [0.2, 0.25) is 11.7 Å². The lowest BCUT2D eigenvalue weighted by atomic mass is 10.0. The van der Waals surface area contributed by atoms with Crippen LogP contribution in [0.2, 0.25) is 0 Å². The maximum absolute atomic E-state index is 13.4. The number of hydrogen-bond donors (Lipinski definition) is 1. The molecule has 0 bridgehead atoms. The van der Waals surface area contributed by atoms with Crippen LogP contribution in [0.15, 0.2) is 28.8 Å². The molecule has 0 amide bonds. The minimum absolute atomic E-state index is 0.113. The van der Waals surface area contributed by atoms with Crippen molar-refractivity contribution in [3.63, 3.8) is 0 Å². The molecular formula is C15H16FN3O2. The summed E-state index contributed by atoms with van der Waals surface area (Å²) in [7, 11) is 0. The summed E-state index contributed by atoms with van der Waals surface area (Å²) in [5.41, 5.74) is 0.330. The first-order valence-corrected chi connectivity index (χ1v) is 7.17. The van der Waals surface area contributed by atoms with Gasteiger partial charge in [0, 0.05) is 12.5 Å². The second-order valence-corrected chi connectivity index (χ2v) is 5.81. The Morgan fingerprint density at radius 1 is 1.43 bits per heavy atom. The van der Waals surface area contributed by atoms with E-state index < -0.39 is 0 Å². The lowest BCUT2D eigenvalue weighted by molar-refractivity contribution is 0.272. The number of nitrogens with zero attached hydrogens (tertiary/aromatic N) is 2. The summed E-state index contributed by atoms with van der Waals surface area (Å²) in [6, 6.07) is 6.28. The van der Waals surface area contributed by atoms with Crippen molar-refractivity contribution in [1.29, 1.82) is 0 Å². The Morgan fingerprint density at radius 3 is 3.14 bits per heavy atom. The summed E-state index contributed by atoms with van der Waals surface area (Å²) >= 11 is 0. The van der Waals surface area contributed by atoms with Crippen LogP contribution in [0.3, 0.4) is 0 Å². The van der Waals surface area contributed by atoms with Crippen LogP contribution < -0.4 is 10.1 Å². The summed E-state index contributed by atoms with van der Waals surface area (Å²) < 4.78 is 24.2. The number of aromatic nitrogens is 2. The number of nitrogens with one attached hydrogen (secondary N) is 1. The molecular weight excluding hydrogens is 273 g/mol. The fourth-order valence-corrected chi connectivity index (χ4v) is 3.10. The van der Waals surface area contributed by atoms with Gasteiger partial charge in [0.1, 0.15) is 0 Å². The Balaban J connectivity index is 1.40. The third-order valence-corrected chi connectivity index (χ3v) is 4.44. The summed E-state index contributed by atoms with van der Waals surface area (Å²) in [5, 5.41) is 7.30. The molecule has 1 N–H and O–H groups in total. The van der Waals surface area contributed by atoms with Gasteiger partial charge >= 0.3 is 0 Å². The molecule has 0 radical (unpaired) electrons. The van der Waals surface area contributed by atoms with Crippen molar-refractivity contribution >= 4 is 0 Å². The molecule has 110 valence electrons. The van der Waals surface area contributed by atoms with E-state index in [9.17, 15) is 4.39 Å². The molecule has 1 aromatic carbocycles. The molecule has 5 nitrogen and oxygen atoms in total. The van der Waals surface area contributed by atoms with E-state index in [1.54, 1.807) is 18.2 Å². The van der Waals surface area contributed by atoms with Crippen LogP contribution in [0.25, 0.3) is 0 Å². The second-order valence-electron chi connectivity index (χ2n) is 5.81. The summed E-state index contributed by atoms with van der Waals surface area (Å²) in [6.45, 7) is 2.21. The fraction of sp³-hybridized carbons (Fsp3) is 0.467. The van der Waals surface area contributed by atoms with Gasteiger partial charge < -0.3 is 14.6 Å². The normalized spacial score (nSPS) is 27.2. The van der Waals surface area contributed by atoms with Gasteiger partial charge in [-0.05, 0) is 36.9 Å². The summed E-state index contributed by atoms with van der Waals surface area (Å²) in [6.07, 6.45) is 2.27. The van der Waals surface area contributed by atoms with E-state index in [1.165, 1.54) is 12.5 Å². The Labute approximate surface area is 121 Å². The van der Waals surface area contributed by atoms with Crippen LogP contribution >= 0.6 is 0 Å². The first kappa shape index (κ1) is 12.8. The highest BCUT2D eigenvalue weighted by Gasteiger charge is 2.58. The minimum atomic E-state index is -0.389. The third kappa shape index (κ3) is 2.29. The van der Waals surface area contributed by atoms with E-state index in [0.29, 0.717) is 23.0 Å². The number of ether oxygens (including phenoxy) is 1. The van der Waals surface area contributed by atoms with Crippen LogP contribution in [-0.2, 0) is 6.61 Å². The Kier molecular flexibility index (Phi) is 2.92. The number of halogens is 1. The van der Waals surface area contributed by atoms with Crippen molar-refractivity contribution in [2.75, 3.05) is 13.1 Å². The molecule has 1 aliphatic heterocycles. The minimum Gasteiger partial charge on any atom is -0.482 e. The lowest BCUT2D eigenvalue weighted by Gasteiger charge is -2.03. The molecule has 6 heteroatoms. The monoisotopic (exact) mass is 289 g/mol. The number of rotatable bonds is 4. The van der Waals surface area contributed by atoms with Crippen LogP contribution in [-0.4, -0.2) is 23.2 Å². The molecule has 1 aromatic heterocycles. The molecule has 1 saturated heterocycles.